The molecule has 85 heavy (non-hydrogen) atoms. The van der Waals surface area contributed by atoms with Gasteiger partial charge in [0.2, 0.25) is 47.3 Å². The van der Waals surface area contributed by atoms with Crippen molar-refractivity contribution in [3.63, 3.8) is 0 Å². The van der Waals surface area contributed by atoms with Gasteiger partial charge in [-0.2, -0.15) is 11.8 Å². The maximum atomic E-state index is 14.2. The Morgan fingerprint density at radius 2 is 0.612 bits per heavy atom. The zero-order valence-electron chi connectivity index (χ0n) is 52.3. The third kappa shape index (κ3) is 42.8. The molecule has 0 saturated heterocycles. The Balaban J connectivity index is 6.29. The number of nitrogens with one attached hydrogen (secondary N) is 7. The van der Waals surface area contributed by atoms with Crippen molar-refractivity contribution < 1.29 is 53.4 Å². The second kappa shape index (κ2) is 54.7. The SMILES string of the molecule is CCCCCCCCCCCCCC(=O)N[C@@H](CSC[C@@H](NC(=O)CCCCCCCCCCCCC)C(=O)O)C(=O)N[C@@H](CO)C(=O)N[C@@H](CCCCN)C(=O)N[C@@H](CCCCN)C(=O)N[C@@H](CCCCN)C(=O)N[C@@H](CCCCN)C(N)=O. The molecule has 0 rings (SSSR count). The van der Waals surface area contributed by atoms with Crippen molar-refractivity contribution >= 4 is 65.0 Å². The number of hydrogen-bond donors (Lipinski definition) is 14. The van der Waals surface area contributed by atoms with Crippen LogP contribution in [-0.2, 0) is 43.2 Å². The lowest BCUT2D eigenvalue weighted by Crippen LogP contribution is -2.60. The molecule has 0 saturated carbocycles. The third-order valence-electron chi connectivity index (χ3n) is 15.0. The van der Waals surface area contributed by atoms with Gasteiger partial charge >= 0.3 is 5.97 Å². The largest absolute Gasteiger partial charge is 0.480 e. The average molecular weight is 1230 g/mol. The molecule has 0 radical (unpaired) electrons. The van der Waals surface area contributed by atoms with E-state index in [1.165, 1.54) is 77.0 Å². The average Bonchev–Trinajstić information content (AvgIpc) is 3.69. The molecule has 0 fully saturated rings. The van der Waals surface area contributed by atoms with E-state index in [0.717, 1.165) is 63.1 Å². The Hall–Kier alpha value is -4.62. The number of aliphatic hydroxyl groups excluding tert-OH is 1. The summed E-state index contributed by atoms with van der Waals surface area (Å²) >= 11 is 1.01. The monoisotopic (exact) mass is 1230 g/mol. The zero-order valence-corrected chi connectivity index (χ0v) is 53.1. The second-order valence-corrected chi connectivity index (χ2v) is 23.8. The van der Waals surface area contributed by atoms with Gasteiger partial charge in [-0.05, 0) is 116 Å². The van der Waals surface area contributed by atoms with Gasteiger partial charge in [0.1, 0.15) is 42.3 Å². The Morgan fingerprint density at radius 1 is 0.341 bits per heavy atom. The van der Waals surface area contributed by atoms with Crippen molar-refractivity contribution in [2.75, 3.05) is 44.3 Å². The predicted octanol–water partition coefficient (Wildman–Crippen LogP) is 4.59. The van der Waals surface area contributed by atoms with Crippen LogP contribution in [0.2, 0.25) is 0 Å². The van der Waals surface area contributed by atoms with E-state index >= 15 is 0 Å². The fraction of sp³-hybridized carbons (Fsp3) is 0.852. The summed E-state index contributed by atoms with van der Waals surface area (Å²) in [4.78, 5) is 121. The maximum Gasteiger partial charge on any atom is 0.327 e. The van der Waals surface area contributed by atoms with Crippen LogP contribution in [0, 0.1) is 0 Å². The molecule has 0 bridgehead atoms. The number of aliphatic hydroxyl groups is 1. The van der Waals surface area contributed by atoms with E-state index in [9.17, 15) is 53.4 Å². The normalized spacial score (nSPS) is 13.7. The number of amides is 8. The Kier molecular flexibility index (Phi) is 51.8. The highest BCUT2D eigenvalue weighted by molar-refractivity contribution is 7.99. The summed E-state index contributed by atoms with van der Waals surface area (Å²) in [7, 11) is 0. The van der Waals surface area contributed by atoms with Gasteiger partial charge in [-0.1, -0.05) is 142 Å². The number of thioether (sulfide) groups is 1. The predicted molar refractivity (Wildman–Crippen MR) is 339 cm³/mol. The Morgan fingerprint density at radius 3 is 0.929 bits per heavy atom. The number of carboxylic acid groups (broad SMARTS) is 1. The Labute approximate surface area is 513 Å². The summed E-state index contributed by atoms with van der Waals surface area (Å²) in [6.07, 6.45) is 28.7. The highest BCUT2D eigenvalue weighted by atomic mass is 32.2. The number of nitrogens with two attached hydrogens (primary N) is 5. The molecular weight excluding hydrogens is 1110 g/mol. The molecule has 24 heteroatoms. The summed E-state index contributed by atoms with van der Waals surface area (Å²) in [6.45, 7) is 4.74. The van der Waals surface area contributed by atoms with Crippen LogP contribution in [0.4, 0.5) is 0 Å². The van der Waals surface area contributed by atoms with Crippen molar-refractivity contribution in [2.24, 2.45) is 28.7 Å². The van der Waals surface area contributed by atoms with Gasteiger partial charge < -0.3 is 76.1 Å². The molecule has 23 nitrogen and oxygen atoms in total. The standard InChI is InChI=1S/C61H118N12O11S/c1-3-5-7-9-11-13-15-17-19-21-23-37-53(75)67-51(44-85-45-52(61(83)84)68-54(76)38-24-22-20-18-16-14-12-10-8-6-4-2)60(82)73-50(43-74)59(81)72-49(36-28-32-42-65)58(80)71-48(35-27-31-41-64)57(79)70-47(34-26-30-40-63)56(78)69-46(55(66)77)33-25-29-39-62/h46-52,74H,3-45,62-65H2,1-2H3,(H2,66,77)(H,67,75)(H,68,76)(H,69,78)(H,70,79)(H,71,80)(H,72,81)(H,73,82)(H,83,84)/t46-,47-,48-,49-,50-,51-,52+/m0/s1. The fourth-order valence-electron chi connectivity index (χ4n) is 9.71. The van der Waals surface area contributed by atoms with Crippen molar-refractivity contribution in [1.82, 2.24) is 37.2 Å². The molecular formula is C61H118N12O11S. The van der Waals surface area contributed by atoms with Gasteiger partial charge in [-0.15, -0.1) is 0 Å². The number of carboxylic acids is 1. The number of aliphatic carboxylic acids is 1. The zero-order chi connectivity index (χ0) is 63.3. The molecule has 0 unspecified atom stereocenters. The van der Waals surface area contributed by atoms with E-state index in [0.29, 0.717) is 83.8 Å². The smallest absolute Gasteiger partial charge is 0.327 e. The number of carbonyl (C=O) groups excluding carboxylic acids is 8. The molecule has 0 aromatic rings. The molecule has 19 N–H and O–H groups in total. The molecule has 0 aromatic carbocycles. The molecule has 494 valence electrons. The molecule has 7 atom stereocenters. The minimum atomic E-state index is -1.63. The molecule has 8 amide bonds. The lowest BCUT2D eigenvalue weighted by Gasteiger charge is -2.27. The van der Waals surface area contributed by atoms with Crippen LogP contribution in [0.3, 0.4) is 0 Å². The summed E-state index contributed by atoms with van der Waals surface area (Å²) in [5.41, 5.74) is 28.5. The number of hydrogen-bond acceptors (Lipinski definition) is 15. The van der Waals surface area contributed by atoms with Crippen molar-refractivity contribution in [3.05, 3.63) is 0 Å². The first-order chi connectivity index (χ1) is 41.0. The highest BCUT2D eigenvalue weighted by Crippen LogP contribution is 2.16. The maximum absolute atomic E-state index is 14.2. The van der Waals surface area contributed by atoms with Crippen LogP contribution in [-0.4, -0.2) is 150 Å². The van der Waals surface area contributed by atoms with Crippen LogP contribution < -0.4 is 65.9 Å². The first-order valence-corrected chi connectivity index (χ1v) is 33.8. The lowest BCUT2D eigenvalue weighted by molar-refractivity contribution is -0.141. The van der Waals surface area contributed by atoms with E-state index in [1.54, 1.807) is 0 Å². The van der Waals surface area contributed by atoms with E-state index in [4.69, 9.17) is 28.7 Å². The number of carbonyl (C=O) groups is 9. The van der Waals surface area contributed by atoms with Crippen molar-refractivity contribution in [1.29, 1.82) is 0 Å². The van der Waals surface area contributed by atoms with E-state index in [-0.39, 0.29) is 56.6 Å². The van der Waals surface area contributed by atoms with Crippen LogP contribution in [0.15, 0.2) is 0 Å². The summed E-state index contributed by atoms with van der Waals surface area (Å²) in [6, 6.07) is -8.91. The summed E-state index contributed by atoms with van der Waals surface area (Å²) in [5, 5.41) is 39.2. The first kappa shape index (κ1) is 80.4. The van der Waals surface area contributed by atoms with Crippen molar-refractivity contribution in [2.45, 2.75) is 287 Å². The van der Waals surface area contributed by atoms with Crippen LogP contribution in [0.1, 0.15) is 245 Å². The number of rotatable bonds is 59. The summed E-state index contributed by atoms with van der Waals surface area (Å²) in [5.74, 6) is -7.09. The van der Waals surface area contributed by atoms with Gasteiger partial charge in [-0.3, -0.25) is 38.4 Å². The topological polar surface area (TPSA) is 408 Å². The Bertz CT molecular complexity index is 1820. The molecule has 0 aromatic heterocycles. The lowest BCUT2D eigenvalue weighted by atomic mass is 10.0. The quantitative estimate of drug-likeness (QED) is 0.0370. The van der Waals surface area contributed by atoms with Gasteiger partial charge in [-0.25, -0.2) is 4.79 Å². The van der Waals surface area contributed by atoms with Gasteiger partial charge in [0.25, 0.3) is 0 Å². The van der Waals surface area contributed by atoms with Gasteiger partial charge in [0.05, 0.1) is 6.61 Å². The molecule has 0 aliphatic carbocycles. The minimum absolute atomic E-state index is 0.0375. The van der Waals surface area contributed by atoms with Gasteiger partial charge in [0, 0.05) is 24.3 Å². The molecule has 0 aliphatic rings. The minimum Gasteiger partial charge on any atom is -0.480 e. The second-order valence-electron chi connectivity index (χ2n) is 22.7. The fourth-order valence-corrected chi connectivity index (χ4v) is 10.8. The molecule has 0 aliphatic heterocycles. The van der Waals surface area contributed by atoms with Crippen LogP contribution in [0.5, 0.6) is 0 Å². The summed E-state index contributed by atoms with van der Waals surface area (Å²) < 4.78 is 0. The van der Waals surface area contributed by atoms with Crippen molar-refractivity contribution in [3.8, 4) is 0 Å². The number of unbranched alkanes of at least 4 members (excludes halogenated alkanes) is 24. The molecule has 0 heterocycles. The van der Waals surface area contributed by atoms with E-state index in [1.807, 2.05) is 0 Å². The number of primary amides is 1. The highest BCUT2D eigenvalue weighted by Gasteiger charge is 2.33. The van der Waals surface area contributed by atoms with Crippen LogP contribution >= 0.6 is 11.8 Å². The van der Waals surface area contributed by atoms with E-state index < -0.39 is 102 Å². The molecule has 0 spiro atoms. The van der Waals surface area contributed by atoms with Gasteiger partial charge in [0.15, 0.2) is 0 Å². The first-order valence-electron chi connectivity index (χ1n) is 32.6. The van der Waals surface area contributed by atoms with Crippen LogP contribution in [0.25, 0.3) is 0 Å². The van der Waals surface area contributed by atoms with E-state index in [2.05, 4.69) is 51.1 Å². The third-order valence-corrected chi connectivity index (χ3v) is 16.2.